The van der Waals surface area contributed by atoms with Crippen LogP contribution in [0.5, 0.6) is 0 Å². The van der Waals surface area contributed by atoms with Crippen LogP contribution in [-0.2, 0) is 31.3 Å². The lowest BCUT2D eigenvalue weighted by molar-refractivity contribution is -0.151. The van der Waals surface area contributed by atoms with Gasteiger partial charge in [-0.1, -0.05) is 26.0 Å². The number of carbonyl (C=O) groups is 2. The summed E-state index contributed by atoms with van der Waals surface area (Å²) >= 11 is 0. The Morgan fingerprint density at radius 3 is 2.39 bits per heavy atom. The second-order valence-corrected chi connectivity index (χ2v) is 16.0. The Bertz CT molecular complexity index is 1700. The second kappa shape index (κ2) is 16.7. The zero-order valence-corrected chi connectivity index (χ0v) is 31.0. The zero-order chi connectivity index (χ0) is 36.9. The number of aliphatic hydroxyl groups is 1. The van der Waals surface area contributed by atoms with E-state index in [1.54, 1.807) is 22.6 Å². The molecule has 5 atom stereocenters. The van der Waals surface area contributed by atoms with Crippen LogP contribution in [0, 0.1) is 17.7 Å². The summed E-state index contributed by atoms with van der Waals surface area (Å²) in [5.41, 5.74) is 1.82. The van der Waals surface area contributed by atoms with Gasteiger partial charge in [0.05, 0.1) is 18.9 Å². The Labute approximate surface area is 300 Å². The highest BCUT2D eigenvalue weighted by molar-refractivity contribution is 7.89. The number of aromatic nitrogens is 2. The third-order valence-electron chi connectivity index (χ3n) is 9.89. The monoisotopic (exact) mass is 730 g/mol. The van der Waals surface area contributed by atoms with E-state index in [1.807, 2.05) is 50.9 Å². The molecule has 1 N–H and O–H groups in total. The van der Waals surface area contributed by atoms with Gasteiger partial charge in [0.1, 0.15) is 18.0 Å². The molecule has 2 aromatic rings. The number of hydrogen-bond donors (Lipinski definition) is 1. The quantitative estimate of drug-likeness (QED) is 0.347. The average molecular weight is 731 g/mol. The van der Waals surface area contributed by atoms with Crippen molar-refractivity contribution in [2.75, 3.05) is 64.3 Å². The maximum atomic E-state index is 15.0. The van der Waals surface area contributed by atoms with Gasteiger partial charge in [-0.15, -0.1) is 0 Å². The summed E-state index contributed by atoms with van der Waals surface area (Å²) < 4.78 is 56.1. The number of likely N-dealkylation sites (N-methyl/N-ethyl adjacent to an activating group) is 1. The number of nitrogens with zero attached hydrogens (tertiary/aromatic N) is 6. The lowest BCUT2D eigenvalue weighted by Gasteiger charge is -2.35. The van der Waals surface area contributed by atoms with Gasteiger partial charge in [-0.05, 0) is 68.1 Å². The van der Waals surface area contributed by atoms with Crippen LogP contribution in [0.4, 0.5) is 14.9 Å². The minimum atomic E-state index is -3.74. The number of aryl methyl sites for hydroxylation is 1. The number of rotatable bonds is 6. The fraction of sp³-hybridized carbons (Fsp3) is 0.583. The van der Waals surface area contributed by atoms with E-state index in [9.17, 15) is 23.1 Å². The molecule has 280 valence electrons. The number of esters is 1. The maximum Gasteiger partial charge on any atom is 0.410 e. The number of cyclic esters (lactones) is 1. The van der Waals surface area contributed by atoms with Crippen molar-refractivity contribution in [3.63, 3.8) is 0 Å². The van der Waals surface area contributed by atoms with Crippen molar-refractivity contribution in [2.24, 2.45) is 18.9 Å². The minimum Gasteiger partial charge on any atom is -0.457 e. The molecule has 0 bridgehead atoms. The van der Waals surface area contributed by atoms with E-state index < -0.39 is 40.1 Å². The third-order valence-corrected chi connectivity index (χ3v) is 11.7. The van der Waals surface area contributed by atoms with Crippen molar-refractivity contribution in [2.45, 2.75) is 63.4 Å². The molecule has 1 aromatic heterocycles. The number of piperazine rings is 2. The Balaban J connectivity index is 1.32. The number of amides is 1. The van der Waals surface area contributed by atoms with Crippen LogP contribution >= 0.6 is 0 Å². The van der Waals surface area contributed by atoms with Crippen molar-refractivity contribution in [1.29, 1.82) is 0 Å². The molecule has 3 aliphatic heterocycles. The molecule has 0 aliphatic carbocycles. The van der Waals surface area contributed by atoms with Crippen molar-refractivity contribution < 1.29 is 37.0 Å². The fourth-order valence-electron chi connectivity index (χ4n) is 6.68. The van der Waals surface area contributed by atoms with E-state index >= 15 is 4.39 Å². The Morgan fingerprint density at radius 2 is 1.73 bits per heavy atom. The minimum absolute atomic E-state index is 0.00481. The van der Waals surface area contributed by atoms with Gasteiger partial charge in [0.25, 0.3) is 10.0 Å². The van der Waals surface area contributed by atoms with Gasteiger partial charge in [-0.25, -0.2) is 22.6 Å². The average Bonchev–Trinajstić information content (AvgIpc) is 3.54. The smallest absolute Gasteiger partial charge is 0.410 e. The van der Waals surface area contributed by atoms with E-state index in [2.05, 4.69) is 9.88 Å². The van der Waals surface area contributed by atoms with Gasteiger partial charge < -0.3 is 33.8 Å². The number of benzene rings is 1. The van der Waals surface area contributed by atoms with Gasteiger partial charge in [0.15, 0.2) is 5.03 Å². The van der Waals surface area contributed by atoms with Crippen LogP contribution in [0.3, 0.4) is 0 Å². The largest absolute Gasteiger partial charge is 0.457 e. The molecule has 0 radical (unpaired) electrons. The normalized spacial score (nSPS) is 27.3. The van der Waals surface area contributed by atoms with Crippen molar-refractivity contribution in [3.05, 3.63) is 59.8 Å². The number of sulfonamides is 1. The van der Waals surface area contributed by atoms with Crippen molar-refractivity contribution >= 4 is 33.8 Å². The van der Waals surface area contributed by atoms with Gasteiger partial charge in [-0.2, -0.15) is 4.31 Å². The summed E-state index contributed by atoms with van der Waals surface area (Å²) in [5, 5.41) is 10.7. The van der Waals surface area contributed by atoms with E-state index in [0.29, 0.717) is 55.8 Å². The number of anilines is 1. The van der Waals surface area contributed by atoms with Crippen LogP contribution < -0.4 is 4.90 Å². The SMILES string of the molecule is C/C(=C/c1cc(F)cc(N2CCN(S(=O)(=O)c3cn(C)cn3)CC2)c1)[C@H]1OC(=O)C[C@H](O)CC[C@H](C)[C@@H](OC(=O)N2CCN(C)CC2)/C=C\[C@@H]1C. The molecule has 51 heavy (non-hydrogen) atoms. The summed E-state index contributed by atoms with van der Waals surface area (Å²) in [4.78, 5) is 35.9. The van der Waals surface area contributed by atoms with Crippen LogP contribution in [-0.4, -0.2) is 127 Å². The second-order valence-electron chi connectivity index (χ2n) is 14.1. The van der Waals surface area contributed by atoms with Gasteiger partial charge >= 0.3 is 12.1 Å². The molecule has 1 aromatic carbocycles. The topological polar surface area (TPSA) is 138 Å². The molecule has 1 amide bonds. The molecule has 15 heteroatoms. The number of aliphatic hydroxyl groups excluding tert-OH is 1. The van der Waals surface area contributed by atoms with Crippen LogP contribution in [0.15, 0.2) is 53.5 Å². The molecular formula is C36H51FN6O7S. The molecule has 13 nitrogen and oxygen atoms in total. The predicted molar refractivity (Wildman–Crippen MR) is 191 cm³/mol. The number of hydrogen-bond acceptors (Lipinski definition) is 10. The first-order valence-corrected chi connectivity index (χ1v) is 19.1. The number of ether oxygens (including phenoxy) is 2. The van der Waals surface area contributed by atoms with E-state index in [0.717, 1.165) is 13.1 Å². The van der Waals surface area contributed by atoms with Crippen molar-refractivity contribution in [3.8, 4) is 0 Å². The highest BCUT2D eigenvalue weighted by atomic mass is 32.2. The lowest BCUT2D eigenvalue weighted by atomic mass is 9.91. The zero-order valence-electron chi connectivity index (χ0n) is 30.1. The number of imidazole rings is 1. The van der Waals surface area contributed by atoms with Crippen LogP contribution in [0.1, 0.15) is 45.6 Å². The van der Waals surface area contributed by atoms with E-state index in [4.69, 9.17) is 9.47 Å². The summed E-state index contributed by atoms with van der Waals surface area (Å²) in [6.45, 7) is 9.55. The first kappa shape index (κ1) is 38.4. The molecule has 2 saturated heterocycles. The first-order chi connectivity index (χ1) is 24.2. The molecule has 3 aliphatic rings. The van der Waals surface area contributed by atoms with E-state index in [1.165, 1.54) is 29.0 Å². The number of carbonyl (C=O) groups excluding carboxylic acids is 2. The summed E-state index contributed by atoms with van der Waals surface area (Å²) in [6, 6.07) is 4.64. The fourth-order valence-corrected chi connectivity index (χ4v) is 8.07. The summed E-state index contributed by atoms with van der Waals surface area (Å²) in [5.74, 6) is -1.44. The highest BCUT2D eigenvalue weighted by Gasteiger charge is 2.32. The molecular weight excluding hydrogens is 679 g/mol. The molecule has 0 unspecified atom stereocenters. The standard InChI is InChI=1S/C36H51FN6O7S/c1-25-6-8-31(44)22-34(45)50-35(26(2)7-9-32(25)49-36(46)42-12-10-39(4)11-13-42)27(3)18-28-19-29(37)21-30(20-28)41-14-16-43(17-15-41)51(47,48)33-23-40(5)24-38-33/h7,9,18-21,23-26,31-32,35,44H,6,8,10-17,22H2,1-5H3/b9-7-,27-18-/t25-,26-,31+,32-,35-/m0/s1. The molecule has 0 spiro atoms. The van der Waals surface area contributed by atoms with E-state index in [-0.39, 0.29) is 42.5 Å². The Kier molecular flexibility index (Phi) is 12.6. The third kappa shape index (κ3) is 9.96. The predicted octanol–water partition coefficient (Wildman–Crippen LogP) is 3.51. The maximum absolute atomic E-state index is 15.0. The Hall–Kier alpha value is -3.79. The van der Waals surface area contributed by atoms with Crippen LogP contribution in [0.25, 0.3) is 6.08 Å². The van der Waals surface area contributed by atoms with Gasteiger partial charge in [0.2, 0.25) is 0 Å². The molecule has 2 fully saturated rings. The Morgan fingerprint density at radius 1 is 1.02 bits per heavy atom. The summed E-state index contributed by atoms with van der Waals surface area (Å²) in [7, 11) is -0.0124. The molecule has 0 saturated carbocycles. The molecule has 5 rings (SSSR count). The van der Waals surface area contributed by atoms with Gasteiger partial charge in [-0.3, -0.25) is 4.79 Å². The van der Waals surface area contributed by atoms with Gasteiger partial charge in [0, 0.05) is 77.2 Å². The van der Waals surface area contributed by atoms with Crippen LogP contribution in [0.2, 0.25) is 0 Å². The number of halogens is 1. The summed E-state index contributed by atoms with van der Waals surface area (Å²) in [6.07, 6.45) is 6.57. The molecule has 4 heterocycles. The highest BCUT2D eigenvalue weighted by Crippen LogP contribution is 2.28. The lowest BCUT2D eigenvalue weighted by Crippen LogP contribution is -2.48. The first-order valence-electron chi connectivity index (χ1n) is 17.6. The van der Waals surface area contributed by atoms with Crippen molar-refractivity contribution in [1.82, 2.24) is 23.7 Å².